The summed E-state index contributed by atoms with van der Waals surface area (Å²) >= 11 is 0. The van der Waals surface area contributed by atoms with E-state index in [0.717, 1.165) is 6.26 Å². The molecular formula is C18H19N5O5S. The molecule has 3 heterocycles. The molecule has 3 aromatic rings. The van der Waals surface area contributed by atoms with Crippen molar-refractivity contribution in [2.24, 2.45) is 0 Å². The molecule has 1 aliphatic heterocycles. The lowest BCUT2D eigenvalue weighted by molar-refractivity contribution is 0.182. The molecule has 0 spiro atoms. The normalized spacial score (nSPS) is 15.7. The molecule has 2 aromatic heterocycles. The smallest absolute Gasteiger partial charge is 0.384 e. The Bertz CT molecular complexity index is 1250. The number of fused-ring (bicyclic) bond motifs is 1. The van der Waals surface area contributed by atoms with Gasteiger partial charge in [-0.15, -0.1) is 4.73 Å². The van der Waals surface area contributed by atoms with Crippen LogP contribution in [0.2, 0.25) is 0 Å². The summed E-state index contributed by atoms with van der Waals surface area (Å²) < 4.78 is 25.2. The fourth-order valence-corrected chi connectivity index (χ4v) is 4.22. The Labute approximate surface area is 166 Å². The van der Waals surface area contributed by atoms with Crippen molar-refractivity contribution in [1.29, 1.82) is 0 Å². The number of sulfonamides is 1. The number of rotatable bonds is 3. The first-order valence-corrected chi connectivity index (χ1v) is 10.7. The van der Waals surface area contributed by atoms with E-state index in [2.05, 4.69) is 9.97 Å². The van der Waals surface area contributed by atoms with Gasteiger partial charge >= 0.3 is 5.69 Å². The second-order valence-corrected chi connectivity index (χ2v) is 8.81. The first-order valence-electron chi connectivity index (χ1n) is 8.85. The van der Waals surface area contributed by atoms with Gasteiger partial charge in [-0.3, -0.25) is 0 Å². The summed E-state index contributed by atoms with van der Waals surface area (Å²) in [4.78, 5) is 22.1. The van der Waals surface area contributed by atoms with E-state index in [1.807, 2.05) is 0 Å². The number of phenolic OH excluding ortho intramolecular Hbond substituents is 1. The van der Waals surface area contributed by atoms with Crippen molar-refractivity contribution in [3.8, 4) is 16.9 Å². The quantitative estimate of drug-likeness (QED) is 0.589. The minimum absolute atomic E-state index is 0.0504. The molecule has 1 aliphatic rings. The summed E-state index contributed by atoms with van der Waals surface area (Å²) in [6.07, 6.45) is 2.66. The molecule has 0 atom stereocenters. The highest BCUT2D eigenvalue weighted by molar-refractivity contribution is 7.88. The summed E-state index contributed by atoms with van der Waals surface area (Å²) in [7, 11) is -3.29. The highest BCUT2D eigenvalue weighted by atomic mass is 32.2. The van der Waals surface area contributed by atoms with Gasteiger partial charge in [0.15, 0.2) is 5.65 Å². The van der Waals surface area contributed by atoms with Gasteiger partial charge < -0.3 is 15.2 Å². The van der Waals surface area contributed by atoms with Crippen LogP contribution in [-0.4, -0.2) is 70.2 Å². The molecule has 4 rings (SSSR count). The van der Waals surface area contributed by atoms with Gasteiger partial charge in [-0.25, -0.2) is 18.2 Å². The highest BCUT2D eigenvalue weighted by Crippen LogP contribution is 2.29. The molecule has 0 radical (unpaired) electrons. The molecule has 0 unspecified atom stereocenters. The zero-order valence-electron chi connectivity index (χ0n) is 15.6. The van der Waals surface area contributed by atoms with Crippen LogP contribution in [0.1, 0.15) is 0 Å². The van der Waals surface area contributed by atoms with E-state index in [1.165, 1.54) is 10.5 Å². The van der Waals surface area contributed by atoms with E-state index in [4.69, 9.17) is 0 Å². The van der Waals surface area contributed by atoms with Crippen LogP contribution in [0.25, 0.3) is 22.2 Å². The van der Waals surface area contributed by atoms with Gasteiger partial charge in [-0.1, -0.05) is 12.1 Å². The van der Waals surface area contributed by atoms with Crippen LogP contribution in [0.3, 0.4) is 0 Å². The molecule has 11 heteroatoms. The topological polar surface area (TPSA) is 129 Å². The predicted octanol–water partition coefficient (Wildman–Crippen LogP) is 0.483. The van der Waals surface area contributed by atoms with E-state index in [0.29, 0.717) is 40.2 Å². The van der Waals surface area contributed by atoms with E-state index in [-0.39, 0.29) is 24.5 Å². The fraction of sp³-hybridized carbons (Fsp3) is 0.278. The molecule has 10 nitrogen and oxygen atoms in total. The lowest BCUT2D eigenvalue weighted by Gasteiger charge is -2.34. The number of aromatic hydroxyl groups is 1. The van der Waals surface area contributed by atoms with Gasteiger partial charge in [-0.2, -0.15) is 9.29 Å². The fourth-order valence-electron chi connectivity index (χ4n) is 3.40. The van der Waals surface area contributed by atoms with Crippen LogP contribution >= 0.6 is 0 Å². The number of pyridine rings is 1. The Morgan fingerprint density at radius 1 is 1.07 bits per heavy atom. The zero-order chi connectivity index (χ0) is 20.8. The summed E-state index contributed by atoms with van der Waals surface area (Å²) in [6, 6.07) is 8.36. The number of anilines is 1. The van der Waals surface area contributed by atoms with Gasteiger partial charge in [0.25, 0.3) is 0 Å². The van der Waals surface area contributed by atoms with E-state index < -0.39 is 15.7 Å². The first-order chi connectivity index (χ1) is 13.7. The number of aromatic nitrogens is 3. The van der Waals surface area contributed by atoms with E-state index in [9.17, 15) is 23.5 Å². The largest absolute Gasteiger partial charge is 0.508 e. The van der Waals surface area contributed by atoms with Crippen molar-refractivity contribution in [3.05, 3.63) is 47.0 Å². The maximum Gasteiger partial charge on any atom is 0.384 e. The standard InChI is InChI=1S/C18H19N5O5S/c1-29(27,28)22-7-5-21(6-8-22)17-15-10-13(12-3-2-4-14(24)9-12)11-19-16(15)23(26)18(25)20-17/h2-4,9-11,24,26H,5-8H2,1H3. The Morgan fingerprint density at radius 3 is 2.45 bits per heavy atom. The molecule has 0 amide bonds. The molecule has 0 bridgehead atoms. The van der Waals surface area contributed by atoms with Crippen LogP contribution < -0.4 is 10.6 Å². The van der Waals surface area contributed by atoms with Crippen LogP contribution in [0.15, 0.2) is 41.3 Å². The number of hydrogen-bond donors (Lipinski definition) is 2. The Balaban J connectivity index is 1.80. The number of benzene rings is 1. The summed E-state index contributed by atoms with van der Waals surface area (Å²) in [6.45, 7) is 1.23. The average molecular weight is 417 g/mol. The average Bonchev–Trinajstić information content (AvgIpc) is 2.70. The molecule has 29 heavy (non-hydrogen) atoms. The summed E-state index contributed by atoms with van der Waals surface area (Å²) in [5.74, 6) is 0.433. The third-order valence-corrected chi connectivity index (χ3v) is 6.18. The summed E-state index contributed by atoms with van der Waals surface area (Å²) in [5.41, 5.74) is 0.568. The third-order valence-electron chi connectivity index (χ3n) is 4.88. The van der Waals surface area contributed by atoms with Crippen molar-refractivity contribution in [1.82, 2.24) is 19.0 Å². The third kappa shape index (κ3) is 3.61. The molecule has 2 N–H and O–H groups in total. The predicted molar refractivity (Wildman–Crippen MR) is 107 cm³/mol. The minimum Gasteiger partial charge on any atom is -0.508 e. The van der Waals surface area contributed by atoms with Gasteiger partial charge in [0.05, 0.1) is 11.6 Å². The maximum absolute atomic E-state index is 12.1. The van der Waals surface area contributed by atoms with Crippen molar-refractivity contribution in [2.75, 3.05) is 37.3 Å². The van der Waals surface area contributed by atoms with Gasteiger partial charge in [0.2, 0.25) is 10.0 Å². The van der Waals surface area contributed by atoms with Crippen LogP contribution in [0, 0.1) is 0 Å². The zero-order valence-corrected chi connectivity index (χ0v) is 16.4. The maximum atomic E-state index is 12.1. The number of piperazine rings is 1. The number of hydrogen-bond acceptors (Lipinski definition) is 8. The highest BCUT2D eigenvalue weighted by Gasteiger charge is 2.26. The lowest BCUT2D eigenvalue weighted by Crippen LogP contribution is -2.49. The molecule has 152 valence electrons. The SMILES string of the molecule is CS(=O)(=O)N1CCN(c2nc(=O)n(O)c3ncc(-c4cccc(O)c4)cc23)CC1. The lowest BCUT2D eigenvalue weighted by atomic mass is 10.1. The molecule has 1 fully saturated rings. The molecular weight excluding hydrogens is 398 g/mol. The molecule has 1 aromatic carbocycles. The number of phenols is 1. The summed E-state index contributed by atoms with van der Waals surface area (Å²) in [5, 5.41) is 20.3. The number of nitrogens with zero attached hydrogens (tertiary/aromatic N) is 5. The Kier molecular flexibility index (Phi) is 4.63. The van der Waals surface area contributed by atoms with Crippen molar-refractivity contribution < 1.29 is 18.7 Å². The van der Waals surface area contributed by atoms with Crippen LogP contribution in [0.4, 0.5) is 5.82 Å². The minimum atomic E-state index is -3.29. The monoisotopic (exact) mass is 417 g/mol. The second kappa shape index (κ2) is 7.01. The molecule has 1 saturated heterocycles. The van der Waals surface area contributed by atoms with E-state index >= 15 is 0 Å². The molecule has 0 saturated carbocycles. The van der Waals surface area contributed by atoms with Gasteiger partial charge in [-0.05, 0) is 23.8 Å². The first kappa shape index (κ1) is 19.2. The molecule has 0 aliphatic carbocycles. The van der Waals surface area contributed by atoms with Gasteiger partial charge in [0.1, 0.15) is 11.6 Å². The van der Waals surface area contributed by atoms with Crippen LogP contribution in [0.5, 0.6) is 5.75 Å². The van der Waals surface area contributed by atoms with E-state index in [1.54, 1.807) is 35.2 Å². The Hall–Kier alpha value is -3.18. The van der Waals surface area contributed by atoms with Crippen LogP contribution in [-0.2, 0) is 10.0 Å². The van der Waals surface area contributed by atoms with Crippen molar-refractivity contribution in [3.63, 3.8) is 0 Å². The van der Waals surface area contributed by atoms with Crippen molar-refractivity contribution >= 4 is 26.9 Å². The van der Waals surface area contributed by atoms with Crippen molar-refractivity contribution in [2.45, 2.75) is 0 Å². The van der Waals surface area contributed by atoms with Gasteiger partial charge in [0, 0.05) is 37.9 Å². The second-order valence-electron chi connectivity index (χ2n) is 6.82. The Morgan fingerprint density at radius 2 is 1.79 bits per heavy atom.